The van der Waals surface area contributed by atoms with Crippen LogP contribution in [-0.2, 0) is 21.3 Å². The third-order valence-corrected chi connectivity index (χ3v) is 3.69. The molecule has 7 heteroatoms. The molecule has 0 aliphatic heterocycles. The molecule has 0 atom stereocenters. The molecule has 0 unspecified atom stereocenters. The fraction of sp³-hybridized carbons (Fsp3) is 0.417. The molecule has 0 heterocycles. The number of rotatable bonds is 5. The molecule has 0 saturated heterocycles. The summed E-state index contributed by atoms with van der Waals surface area (Å²) in [6.45, 7) is 2.94. The minimum atomic E-state index is -4.45. The van der Waals surface area contributed by atoms with Crippen molar-refractivity contribution in [3.05, 3.63) is 23.3 Å². The topological polar surface area (TPSA) is 80.7 Å². The van der Waals surface area contributed by atoms with Crippen molar-refractivity contribution in [3.8, 4) is 5.75 Å². The summed E-state index contributed by atoms with van der Waals surface area (Å²) in [4.78, 5) is 10.7. The van der Waals surface area contributed by atoms with Crippen LogP contribution in [0.4, 0.5) is 0 Å². The van der Waals surface area contributed by atoms with Gasteiger partial charge in [-0.1, -0.05) is 6.07 Å². The summed E-state index contributed by atoms with van der Waals surface area (Å²) in [5, 5.41) is 0. The van der Waals surface area contributed by atoms with Crippen LogP contribution in [0.1, 0.15) is 24.5 Å². The quantitative estimate of drug-likeness (QED) is 0.391. The van der Waals surface area contributed by atoms with Crippen molar-refractivity contribution in [3.63, 3.8) is 0 Å². The van der Waals surface area contributed by atoms with E-state index in [2.05, 4.69) is 0 Å². The highest BCUT2D eigenvalue weighted by Crippen LogP contribution is 2.32. The van der Waals surface area contributed by atoms with Crippen molar-refractivity contribution < 1.29 is 22.5 Å². The van der Waals surface area contributed by atoms with Gasteiger partial charge < -0.3 is 4.74 Å². The Hall–Kier alpha value is -1.11. The van der Waals surface area contributed by atoms with Crippen molar-refractivity contribution in [2.75, 3.05) is 5.88 Å². The van der Waals surface area contributed by atoms with Gasteiger partial charge in [0.05, 0.1) is 0 Å². The molecular weight excluding hydrogens is 292 g/mol. The van der Waals surface area contributed by atoms with Crippen LogP contribution in [0.15, 0.2) is 17.0 Å². The summed E-state index contributed by atoms with van der Waals surface area (Å²) in [6, 6.07) is 2.77. The standard InChI is InChI=1S/C12H15ClO5S/c1-8-5-6-11(19(15,16)17)12(18-9(2)14)10(8)4-3-7-13/h5-6H,3-4,7H2,1-2H3,(H,15,16,17). The molecule has 1 aromatic carbocycles. The monoisotopic (exact) mass is 306 g/mol. The van der Waals surface area contributed by atoms with Gasteiger partial charge in [0.1, 0.15) is 4.90 Å². The Morgan fingerprint density at radius 1 is 1.42 bits per heavy atom. The second-order valence-electron chi connectivity index (χ2n) is 4.05. The normalized spacial score (nSPS) is 11.4. The zero-order chi connectivity index (χ0) is 14.6. The molecule has 1 aromatic rings. The molecule has 0 radical (unpaired) electrons. The van der Waals surface area contributed by atoms with E-state index >= 15 is 0 Å². The lowest BCUT2D eigenvalue weighted by atomic mass is 10.0. The first kappa shape index (κ1) is 15.9. The minimum absolute atomic E-state index is 0.111. The van der Waals surface area contributed by atoms with E-state index in [1.54, 1.807) is 13.0 Å². The van der Waals surface area contributed by atoms with E-state index in [1.807, 2.05) is 0 Å². The van der Waals surface area contributed by atoms with Crippen LogP contribution < -0.4 is 4.74 Å². The lowest BCUT2D eigenvalue weighted by Crippen LogP contribution is -2.11. The number of ether oxygens (including phenoxy) is 1. The van der Waals surface area contributed by atoms with E-state index in [1.165, 1.54) is 13.0 Å². The van der Waals surface area contributed by atoms with E-state index < -0.39 is 21.0 Å². The molecule has 19 heavy (non-hydrogen) atoms. The molecule has 0 saturated carbocycles. The van der Waals surface area contributed by atoms with Crippen LogP contribution in [0.3, 0.4) is 0 Å². The largest absolute Gasteiger partial charge is 0.425 e. The summed E-state index contributed by atoms with van der Waals surface area (Å²) in [5.74, 6) is -0.363. The Morgan fingerprint density at radius 2 is 2.05 bits per heavy atom. The maximum absolute atomic E-state index is 11.3. The van der Waals surface area contributed by atoms with Crippen molar-refractivity contribution in [1.29, 1.82) is 0 Å². The first-order valence-electron chi connectivity index (χ1n) is 5.61. The highest BCUT2D eigenvalue weighted by molar-refractivity contribution is 7.86. The molecule has 0 bridgehead atoms. The fourth-order valence-corrected chi connectivity index (χ4v) is 2.49. The average Bonchev–Trinajstić information content (AvgIpc) is 2.26. The van der Waals surface area contributed by atoms with E-state index in [0.717, 1.165) is 5.56 Å². The van der Waals surface area contributed by atoms with Gasteiger partial charge in [0.15, 0.2) is 5.75 Å². The molecule has 0 fully saturated rings. The fourth-order valence-electron chi connectivity index (χ4n) is 1.72. The molecule has 1 rings (SSSR count). The summed E-state index contributed by atoms with van der Waals surface area (Å²) < 4.78 is 36.8. The van der Waals surface area contributed by atoms with E-state index in [0.29, 0.717) is 24.3 Å². The third-order valence-electron chi connectivity index (χ3n) is 2.54. The molecule has 0 aromatic heterocycles. The van der Waals surface area contributed by atoms with Crippen molar-refractivity contribution in [1.82, 2.24) is 0 Å². The summed E-state index contributed by atoms with van der Waals surface area (Å²) >= 11 is 5.62. The van der Waals surface area contributed by atoms with Crippen molar-refractivity contribution in [2.24, 2.45) is 0 Å². The molecule has 1 N–H and O–H groups in total. The lowest BCUT2D eigenvalue weighted by molar-refractivity contribution is -0.132. The number of alkyl halides is 1. The smallest absolute Gasteiger partial charge is 0.308 e. The maximum atomic E-state index is 11.3. The molecule has 0 aliphatic carbocycles. The zero-order valence-corrected chi connectivity index (χ0v) is 12.2. The Balaban J connectivity index is 3.45. The molecule has 0 aliphatic rings. The van der Waals surface area contributed by atoms with Crippen LogP contribution in [-0.4, -0.2) is 24.8 Å². The van der Waals surface area contributed by atoms with Gasteiger partial charge in [-0.3, -0.25) is 9.35 Å². The highest BCUT2D eigenvalue weighted by atomic mass is 35.5. The summed E-state index contributed by atoms with van der Waals surface area (Å²) in [7, 11) is -4.45. The molecule has 5 nitrogen and oxygen atoms in total. The minimum Gasteiger partial charge on any atom is -0.425 e. The molecule has 0 amide bonds. The van der Waals surface area contributed by atoms with Gasteiger partial charge in [0, 0.05) is 12.8 Å². The second kappa shape index (κ2) is 6.36. The van der Waals surface area contributed by atoms with Crippen LogP contribution in [0.25, 0.3) is 0 Å². The van der Waals surface area contributed by atoms with Crippen LogP contribution in [0.5, 0.6) is 5.75 Å². The number of hydrogen-bond donors (Lipinski definition) is 1. The van der Waals surface area contributed by atoms with E-state index in [9.17, 15) is 17.8 Å². The summed E-state index contributed by atoms with van der Waals surface area (Å²) in [6.07, 6.45) is 1.06. The number of esters is 1. The van der Waals surface area contributed by atoms with E-state index in [-0.39, 0.29) is 5.75 Å². The molecule has 0 spiro atoms. The Morgan fingerprint density at radius 3 is 2.53 bits per heavy atom. The first-order chi connectivity index (χ1) is 8.77. The maximum Gasteiger partial charge on any atom is 0.308 e. The van der Waals surface area contributed by atoms with Crippen LogP contribution in [0, 0.1) is 6.92 Å². The van der Waals surface area contributed by atoms with Gasteiger partial charge >= 0.3 is 5.97 Å². The Labute approximate surface area is 117 Å². The summed E-state index contributed by atoms with van der Waals surface area (Å²) in [5.41, 5.74) is 1.33. The van der Waals surface area contributed by atoms with Gasteiger partial charge in [-0.2, -0.15) is 8.42 Å². The molecule has 106 valence electrons. The van der Waals surface area contributed by atoms with Crippen LogP contribution >= 0.6 is 11.6 Å². The SMILES string of the molecule is CC(=O)Oc1c(S(=O)(=O)O)ccc(C)c1CCCCl. The average molecular weight is 307 g/mol. The number of benzene rings is 1. The number of halogens is 1. The first-order valence-corrected chi connectivity index (χ1v) is 7.59. The van der Waals surface area contributed by atoms with Gasteiger partial charge in [-0.05, 0) is 37.0 Å². The van der Waals surface area contributed by atoms with Gasteiger partial charge in [0.2, 0.25) is 0 Å². The number of hydrogen-bond acceptors (Lipinski definition) is 4. The molecular formula is C12H15ClO5S. The van der Waals surface area contributed by atoms with Crippen molar-refractivity contribution in [2.45, 2.75) is 31.6 Å². The van der Waals surface area contributed by atoms with E-state index in [4.69, 9.17) is 16.3 Å². The lowest BCUT2D eigenvalue weighted by Gasteiger charge is -2.14. The predicted octanol–water partition coefficient (Wildman–Crippen LogP) is 2.34. The van der Waals surface area contributed by atoms with Gasteiger partial charge in [-0.25, -0.2) is 0 Å². The Kier molecular flexibility index (Phi) is 5.34. The zero-order valence-electron chi connectivity index (χ0n) is 10.6. The predicted molar refractivity (Wildman–Crippen MR) is 71.3 cm³/mol. The Bertz CT molecular complexity index is 580. The van der Waals surface area contributed by atoms with Crippen molar-refractivity contribution >= 4 is 27.7 Å². The second-order valence-corrected chi connectivity index (χ2v) is 5.82. The van der Waals surface area contributed by atoms with Gasteiger partial charge in [0.25, 0.3) is 10.1 Å². The number of carbonyl (C=O) groups excluding carboxylic acids is 1. The number of aryl methyl sites for hydroxylation is 1. The third kappa shape index (κ3) is 4.19. The van der Waals surface area contributed by atoms with Gasteiger partial charge in [-0.15, -0.1) is 11.6 Å². The number of carbonyl (C=O) groups is 1. The highest BCUT2D eigenvalue weighted by Gasteiger charge is 2.22. The van der Waals surface area contributed by atoms with Crippen LogP contribution in [0.2, 0.25) is 0 Å².